The van der Waals surface area contributed by atoms with Crippen LogP contribution in [0.4, 0.5) is 0 Å². The van der Waals surface area contributed by atoms with Crippen molar-refractivity contribution in [3.63, 3.8) is 0 Å². The second-order valence-corrected chi connectivity index (χ2v) is 5.99. The highest BCUT2D eigenvalue weighted by Crippen LogP contribution is 2.30. The molecule has 5 heteroatoms. The summed E-state index contributed by atoms with van der Waals surface area (Å²) in [7, 11) is 0. The van der Waals surface area contributed by atoms with Crippen LogP contribution in [0.15, 0.2) is 66.7 Å². The molecule has 0 fully saturated rings. The first kappa shape index (κ1) is 15.3. The normalized spacial score (nSPS) is 10.3. The van der Waals surface area contributed by atoms with Crippen LogP contribution in [0.2, 0.25) is 0 Å². The Morgan fingerprint density at radius 2 is 1.87 bits per heavy atom. The highest BCUT2D eigenvalue weighted by molar-refractivity contribution is 7.17. The van der Waals surface area contributed by atoms with E-state index in [4.69, 9.17) is 9.94 Å². The number of carbonyl (C=O) groups excluding carboxylic acids is 1. The van der Waals surface area contributed by atoms with Crippen molar-refractivity contribution in [2.24, 2.45) is 0 Å². The van der Waals surface area contributed by atoms with Crippen LogP contribution < -0.4 is 10.2 Å². The zero-order valence-electron chi connectivity index (χ0n) is 12.2. The zero-order valence-corrected chi connectivity index (χ0v) is 13.0. The van der Waals surface area contributed by atoms with Crippen LogP contribution in [0.25, 0.3) is 10.4 Å². The average molecular weight is 325 g/mol. The highest BCUT2D eigenvalue weighted by Gasteiger charge is 2.09. The maximum atomic E-state index is 11.4. The van der Waals surface area contributed by atoms with E-state index in [1.54, 1.807) is 11.5 Å². The molecule has 0 saturated carbocycles. The standard InChI is InChI=1S/C18H15NO3S/c20-18(19-21)17-10-9-16(23-17)14-7-4-8-15(11-14)22-12-13-5-2-1-3-6-13/h1-11,21H,12H2,(H,19,20). The monoisotopic (exact) mass is 325 g/mol. The number of hydrogen-bond acceptors (Lipinski definition) is 4. The van der Waals surface area contributed by atoms with Gasteiger partial charge in [0.2, 0.25) is 0 Å². The Labute approximate surface area is 137 Å². The van der Waals surface area contributed by atoms with E-state index in [0.717, 1.165) is 21.8 Å². The Bertz CT molecular complexity index is 799. The van der Waals surface area contributed by atoms with Crippen molar-refractivity contribution in [1.29, 1.82) is 0 Å². The summed E-state index contributed by atoms with van der Waals surface area (Å²) in [6.45, 7) is 0.507. The third-order valence-electron chi connectivity index (χ3n) is 3.30. The summed E-state index contributed by atoms with van der Waals surface area (Å²) < 4.78 is 5.81. The Morgan fingerprint density at radius 3 is 2.65 bits per heavy atom. The molecule has 0 aliphatic rings. The average Bonchev–Trinajstić information content (AvgIpc) is 3.11. The molecule has 1 heterocycles. The van der Waals surface area contributed by atoms with Gasteiger partial charge in [-0.15, -0.1) is 11.3 Å². The molecule has 3 rings (SSSR count). The van der Waals surface area contributed by atoms with Gasteiger partial charge in [-0.1, -0.05) is 42.5 Å². The van der Waals surface area contributed by atoms with Gasteiger partial charge in [-0.05, 0) is 35.4 Å². The molecule has 3 aromatic rings. The number of thiophene rings is 1. The van der Waals surface area contributed by atoms with Gasteiger partial charge in [0.1, 0.15) is 12.4 Å². The minimum absolute atomic E-state index is 0.457. The van der Waals surface area contributed by atoms with Crippen LogP contribution in [-0.4, -0.2) is 11.1 Å². The van der Waals surface area contributed by atoms with Crippen LogP contribution in [0.3, 0.4) is 0 Å². The van der Waals surface area contributed by atoms with Gasteiger partial charge in [0.25, 0.3) is 5.91 Å². The third kappa shape index (κ3) is 3.77. The molecular weight excluding hydrogens is 310 g/mol. The number of hydrogen-bond donors (Lipinski definition) is 2. The quantitative estimate of drug-likeness (QED) is 0.548. The lowest BCUT2D eigenvalue weighted by Crippen LogP contribution is -2.16. The molecule has 2 N–H and O–H groups in total. The molecule has 0 atom stereocenters. The van der Waals surface area contributed by atoms with E-state index in [2.05, 4.69) is 0 Å². The predicted molar refractivity (Wildman–Crippen MR) is 89.8 cm³/mol. The Hall–Kier alpha value is -2.63. The second kappa shape index (κ2) is 7.09. The minimum atomic E-state index is -0.502. The van der Waals surface area contributed by atoms with Crippen molar-refractivity contribution in [3.05, 3.63) is 77.2 Å². The zero-order chi connectivity index (χ0) is 16.1. The van der Waals surface area contributed by atoms with Crippen molar-refractivity contribution in [2.45, 2.75) is 6.61 Å². The predicted octanol–water partition coefficient (Wildman–Crippen LogP) is 4.11. The van der Waals surface area contributed by atoms with Crippen molar-refractivity contribution in [2.75, 3.05) is 0 Å². The molecule has 0 spiro atoms. The number of nitrogens with one attached hydrogen (secondary N) is 1. The molecule has 1 aromatic heterocycles. The van der Waals surface area contributed by atoms with E-state index < -0.39 is 5.91 Å². The largest absolute Gasteiger partial charge is 0.489 e. The van der Waals surface area contributed by atoms with E-state index in [1.165, 1.54) is 11.3 Å². The summed E-state index contributed by atoms with van der Waals surface area (Å²) in [5.41, 5.74) is 3.72. The molecule has 4 nitrogen and oxygen atoms in total. The number of carbonyl (C=O) groups is 1. The summed E-state index contributed by atoms with van der Waals surface area (Å²) >= 11 is 1.31. The number of rotatable bonds is 5. The number of benzene rings is 2. The Kier molecular flexibility index (Phi) is 4.71. The maximum absolute atomic E-state index is 11.4. The SMILES string of the molecule is O=C(NO)c1ccc(-c2cccc(OCc3ccccc3)c2)s1. The lowest BCUT2D eigenvalue weighted by Gasteiger charge is -2.07. The van der Waals surface area contributed by atoms with Crippen LogP contribution in [0, 0.1) is 0 Å². The van der Waals surface area contributed by atoms with Gasteiger partial charge in [0.05, 0.1) is 4.88 Å². The topological polar surface area (TPSA) is 58.6 Å². The van der Waals surface area contributed by atoms with E-state index >= 15 is 0 Å². The molecule has 0 radical (unpaired) electrons. The van der Waals surface area contributed by atoms with Gasteiger partial charge in [-0.25, -0.2) is 5.48 Å². The lowest BCUT2D eigenvalue weighted by molar-refractivity contribution is 0.0711. The smallest absolute Gasteiger partial charge is 0.284 e. The van der Waals surface area contributed by atoms with Crippen LogP contribution in [0.5, 0.6) is 5.75 Å². The molecule has 0 bridgehead atoms. The Morgan fingerprint density at radius 1 is 1.04 bits per heavy atom. The van der Waals surface area contributed by atoms with Gasteiger partial charge in [0, 0.05) is 4.88 Å². The molecular formula is C18H15NO3S. The second-order valence-electron chi connectivity index (χ2n) is 4.91. The van der Waals surface area contributed by atoms with Gasteiger partial charge < -0.3 is 4.74 Å². The van der Waals surface area contributed by atoms with Crippen molar-refractivity contribution >= 4 is 17.2 Å². The van der Waals surface area contributed by atoms with Crippen molar-refractivity contribution in [1.82, 2.24) is 5.48 Å². The summed E-state index contributed by atoms with van der Waals surface area (Å²) in [4.78, 5) is 12.8. The van der Waals surface area contributed by atoms with E-state index in [1.807, 2.05) is 60.7 Å². The summed E-state index contributed by atoms with van der Waals surface area (Å²) in [5, 5.41) is 8.68. The molecule has 0 aliphatic carbocycles. The molecule has 116 valence electrons. The van der Waals surface area contributed by atoms with Crippen LogP contribution >= 0.6 is 11.3 Å². The summed E-state index contributed by atoms with van der Waals surface area (Å²) in [6.07, 6.45) is 0. The van der Waals surface area contributed by atoms with Crippen molar-refractivity contribution in [3.8, 4) is 16.2 Å². The Balaban J connectivity index is 1.74. The van der Waals surface area contributed by atoms with Gasteiger partial charge in [0.15, 0.2) is 0 Å². The minimum Gasteiger partial charge on any atom is -0.489 e. The van der Waals surface area contributed by atoms with Crippen LogP contribution in [-0.2, 0) is 6.61 Å². The fourth-order valence-electron chi connectivity index (χ4n) is 2.15. The molecule has 0 unspecified atom stereocenters. The molecule has 0 aliphatic heterocycles. The third-order valence-corrected chi connectivity index (χ3v) is 4.43. The lowest BCUT2D eigenvalue weighted by atomic mass is 10.2. The first-order chi connectivity index (χ1) is 11.3. The fraction of sp³-hybridized carbons (Fsp3) is 0.0556. The van der Waals surface area contributed by atoms with Gasteiger partial charge in [-0.2, -0.15) is 0 Å². The van der Waals surface area contributed by atoms with E-state index in [0.29, 0.717) is 11.5 Å². The van der Waals surface area contributed by atoms with E-state index in [9.17, 15) is 4.79 Å². The number of hydroxylamine groups is 1. The first-order valence-corrected chi connectivity index (χ1v) is 7.89. The molecule has 2 aromatic carbocycles. The summed E-state index contributed by atoms with van der Waals surface area (Å²) in [6, 6.07) is 21.2. The van der Waals surface area contributed by atoms with Crippen LogP contribution in [0.1, 0.15) is 15.2 Å². The number of ether oxygens (including phenoxy) is 1. The summed E-state index contributed by atoms with van der Waals surface area (Å²) in [5.74, 6) is 0.269. The first-order valence-electron chi connectivity index (χ1n) is 7.08. The van der Waals surface area contributed by atoms with Gasteiger partial charge in [-0.3, -0.25) is 10.0 Å². The molecule has 0 saturated heterocycles. The molecule has 23 heavy (non-hydrogen) atoms. The van der Waals surface area contributed by atoms with E-state index in [-0.39, 0.29) is 0 Å². The highest BCUT2D eigenvalue weighted by atomic mass is 32.1. The van der Waals surface area contributed by atoms with Gasteiger partial charge >= 0.3 is 0 Å². The van der Waals surface area contributed by atoms with Crippen molar-refractivity contribution < 1.29 is 14.7 Å². The number of amides is 1. The molecule has 1 amide bonds. The maximum Gasteiger partial charge on any atom is 0.284 e. The fourth-order valence-corrected chi connectivity index (χ4v) is 3.04.